The Hall–Kier alpha value is -1.57. The number of aryl methyl sites for hydroxylation is 1. The molecule has 1 aliphatic heterocycles. The van der Waals surface area contributed by atoms with E-state index in [4.69, 9.17) is 0 Å². The van der Waals surface area contributed by atoms with E-state index in [1.54, 1.807) is 0 Å². The van der Waals surface area contributed by atoms with Gasteiger partial charge in [-0.15, -0.1) is 0 Å². The number of nitrogens with zero attached hydrogens (tertiary/aromatic N) is 2. The largest absolute Gasteiger partial charge is 0.377 e. The molecule has 16 heavy (non-hydrogen) atoms. The molecule has 0 saturated carbocycles. The van der Waals surface area contributed by atoms with Crippen LogP contribution in [0.2, 0.25) is 0 Å². The number of allylic oxidation sites excluding steroid dienone is 2. The van der Waals surface area contributed by atoms with Gasteiger partial charge in [0.15, 0.2) is 0 Å². The molecular formula is C14H20N2. The molecule has 0 unspecified atom stereocenters. The summed E-state index contributed by atoms with van der Waals surface area (Å²) < 4.78 is 0. The zero-order valence-corrected chi connectivity index (χ0v) is 10.6. The van der Waals surface area contributed by atoms with Crippen molar-refractivity contribution in [3.8, 4) is 0 Å². The van der Waals surface area contributed by atoms with E-state index in [0.29, 0.717) is 0 Å². The van der Waals surface area contributed by atoms with E-state index in [-0.39, 0.29) is 0 Å². The fraction of sp³-hybridized carbons (Fsp3) is 0.357. The normalized spacial score (nSPS) is 14.0. The van der Waals surface area contributed by atoms with Crippen LogP contribution in [0.15, 0.2) is 36.8 Å². The van der Waals surface area contributed by atoms with E-state index in [1.807, 2.05) is 26.2 Å². The summed E-state index contributed by atoms with van der Waals surface area (Å²) in [5.74, 6) is 0. The summed E-state index contributed by atoms with van der Waals surface area (Å²) in [5, 5.41) is 0. The van der Waals surface area contributed by atoms with Crippen molar-refractivity contribution in [1.82, 2.24) is 9.88 Å². The second-order valence-electron chi connectivity index (χ2n) is 3.67. The van der Waals surface area contributed by atoms with E-state index >= 15 is 0 Å². The lowest BCUT2D eigenvalue weighted by atomic mass is 10.0. The Morgan fingerprint density at radius 2 is 2.00 bits per heavy atom. The van der Waals surface area contributed by atoms with Crippen LogP contribution < -0.4 is 0 Å². The van der Waals surface area contributed by atoms with Crippen LogP contribution in [0.5, 0.6) is 0 Å². The number of hydrogen-bond acceptors (Lipinski definition) is 2. The predicted octanol–water partition coefficient (Wildman–Crippen LogP) is 3.26. The molecule has 0 atom stereocenters. The molecule has 0 spiro atoms. The highest BCUT2D eigenvalue weighted by molar-refractivity contribution is 5.74. The van der Waals surface area contributed by atoms with Crippen LogP contribution in [0.25, 0.3) is 5.57 Å². The van der Waals surface area contributed by atoms with E-state index < -0.39 is 0 Å². The molecule has 2 heteroatoms. The third-order valence-corrected chi connectivity index (χ3v) is 2.32. The Bertz CT molecular complexity index is 391. The van der Waals surface area contributed by atoms with Crippen LogP contribution in [0.1, 0.15) is 25.0 Å². The SMILES string of the molecule is CC.Cc1cncc(C2=CCN(C)C=C2)c1. The number of pyridine rings is 1. The van der Waals surface area contributed by atoms with Gasteiger partial charge in [-0.2, -0.15) is 0 Å². The minimum atomic E-state index is 0.972. The Kier molecular flexibility index (Phi) is 4.77. The molecular weight excluding hydrogens is 196 g/mol. The topological polar surface area (TPSA) is 16.1 Å². The van der Waals surface area contributed by atoms with E-state index in [2.05, 4.69) is 48.3 Å². The molecule has 0 aromatic carbocycles. The summed E-state index contributed by atoms with van der Waals surface area (Å²) >= 11 is 0. The second kappa shape index (κ2) is 6.11. The lowest BCUT2D eigenvalue weighted by Crippen LogP contribution is -2.13. The first-order valence-electron chi connectivity index (χ1n) is 5.76. The van der Waals surface area contributed by atoms with Gasteiger partial charge in [-0.25, -0.2) is 0 Å². The number of hydrogen-bond donors (Lipinski definition) is 0. The van der Waals surface area contributed by atoms with Crippen molar-refractivity contribution in [3.05, 3.63) is 47.9 Å². The minimum absolute atomic E-state index is 0.972. The molecule has 0 saturated heterocycles. The monoisotopic (exact) mass is 216 g/mol. The predicted molar refractivity (Wildman–Crippen MR) is 70.1 cm³/mol. The molecule has 2 heterocycles. The van der Waals surface area contributed by atoms with Gasteiger partial charge >= 0.3 is 0 Å². The average molecular weight is 216 g/mol. The Morgan fingerprint density at radius 3 is 2.56 bits per heavy atom. The first-order chi connectivity index (χ1) is 7.75. The summed E-state index contributed by atoms with van der Waals surface area (Å²) in [7, 11) is 2.07. The molecule has 0 fully saturated rings. The smallest absolute Gasteiger partial charge is 0.0359 e. The second-order valence-corrected chi connectivity index (χ2v) is 3.67. The lowest BCUT2D eigenvalue weighted by Gasteiger charge is -2.17. The van der Waals surface area contributed by atoms with Crippen molar-refractivity contribution in [2.75, 3.05) is 13.6 Å². The van der Waals surface area contributed by atoms with Crippen LogP contribution in [0.4, 0.5) is 0 Å². The average Bonchev–Trinajstić information content (AvgIpc) is 2.32. The Morgan fingerprint density at radius 1 is 1.25 bits per heavy atom. The van der Waals surface area contributed by atoms with Crippen LogP contribution in [-0.4, -0.2) is 23.5 Å². The third kappa shape index (κ3) is 3.23. The van der Waals surface area contributed by atoms with Crippen LogP contribution in [0, 0.1) is 6.92 Å². The van der Waals surface area contributed by atoms with Gasteiger partial charge in [-0.3, -0.25) is 4.98 Å². The number of likely N-dealkylation sites (N-methyl/N-ethyl adjacent to an activating group) is 1. The van der Waals surface area contributed by atoms with Crippen molar-refractivity contribution >= 4 is 5.57 Å². The van der Waals surface area contributed by atoms with Gasteiger partial charge in [0, 0.05) is 31.5 Å². The van der Waals surface area contributed by atoms with E-state index in [1.165, 1.54) is 16.7 Å². The van der Waals surface area contributed by atoms with Gasteiger partial charge in [-0.1, -0.05) is 19.9 Å². The van der Waals surface area contributed by atoms with Crippen LogP contribution in [0.3, 0.4) is 0 Å². The molecule has 0 aliphatic carbocycles. The third-order valence-electron chi connectivity index (χ3n) is 2.32. The summed E-state index contributed by atoms with van der Waals surface area (Å²) in [4.78, 5) is 6.34. The molecule has 2 nitrogen and oxygen atoms in total. The number of rotatable bonds is 1. The lowest BCUT2D eigenvalue weighted by molar-refractivity contribution is 0.506. The number of aromatic nitrogens is 1. The molecule has 1 aromatic rings. The maximum Gasteiger partial charge on any atom is 0.0359 e. The van der Waals surface area contributed by atoms with Crippen molar-refractivity contribution in [1.29, 1.82) is 0 Å². The Labute approximate surface area is 98.3 Å². The fourth-order valence-electron chi connectivity index (χ4n) is 1.51. The molecule has 86 valence electrons. The van der Waals surface area contributed by atoms with Gasteiger partial charge in [0.25, 0.3) is 0 Å². The first kappa shape index (κ1) is 12.5. The highest BCUT2D eigenvalue weighted by Crippen LogP contribution is 2.18. The molecule has 1 aromatic heterocycles. The van der Waals surface area contributed by atoms with Crippen LogP contribution >= 0.6 is 0 Å². The minimum Gasteiger partial charge on any atom is -0.377 e. The summed E-state index contributed by atoms with van der Waals surface area (Å²) in [6, 6.07) is 2.16. The van der Waals surface area contributed by atoms with Gasteiger partial charge in [-0.05, 0) is 36.4 Å². The highest BCUT2D eigenvalue weighted by Gasteiger charge is 2.03. The molecule has 1 aliphatic rings. The molecule has 0 amide bonds. The van der Waals surface area contributed by atoms with Crippen LogP contribution in [-0.2, 0) is 0 Å². The Balaban J connectivity index is 0.000000606. The zero-order chi connectivity index (χ0) is 12.0. The maximum atomic E-state index is 4.19. The van der Waals surface area contributed by atoms with Crippen molar-refractivity contribution < 1.29 is 0 Å². The van der Waals surface area contributed by atoms with E-state index in [0.717, 1.165) is 6.54 Å². The molecule has 0 bridgehead atoms. The van der Waals surface area contributed by atoms with Gasteiger partial charge < -0.3 is 4.90 Å². The van der Waals surface area contributed by atoms with Gasteiger partial charge in [0.05, 0.1) is 0 Å². The standard InChI is InChI=1S/C12H14N2.C2H6/c1-10-7-12(9-13-8-10)11-3-5-14(2)6-4-11;1-2/h3-5,7-9H,6H2,1-2H3;1-2H3. The van der Waals surface area contributed by atoms with Crippen molar-refractivity contribution in [3.63, 3.8) is 0 Å². The fourth-order valence-corrected chi connectivity index (χ4v) is 1.51. The first-order valence-corrected chi connectivity index (χ1v) is 5.76. The highest BCUT2D eigenvalue weighted by atomic mass is 15.1. The molecule has 0 radical (unpaired) electrons. The zero-order valence-electron chi connectivity index (χ0n) is 10.6. The molecule has 0 N–H and O–H groups in total. The summed E-state index contributed by atoms with van der Waals surface area (Å²) in [6.45, 7) is 7.04. The van der Waals surface area contributed by atoms with Gasteiger partial charge in [0.2, 0.25) is 0 Å². The van der Waals surface area contributed by atoms with Gasteiger partial charge in [0.1, 0.15) is 0 Å². The quantitative estimate of drug-likeness (QED) is 0.716. The van der Waals surface area contributed by atoms with E-state index in [9.17, 15) is 0 Å². The molecule has 2 rings (SSSR count). The summed E-state index contributed by atoms with van der Waals surface area (Å²) in [6.07, 6.45) is 10.2. The maximum absolute atomic E-state index is 4.19. The van der Waals surface area contributed by atoms with Crippen molar-refractivity contribution in [2.45, 2.75) is 20.8 Å². The van der Waals surface area contributed by atoms with Crippen molar-refractivity contribution in [2.24, 2.45) is 0 Å². The summed E-state index contributed by atoms with van der Waals surface area (Å²) in [5.41, 5.74) is 3.67.